The molecule has 82 valence electrons. The quantitative estimate of drug-likeness (QED) is 0.653. The average molecular weight is 236 g/mol. The van der Waals surface area contributed by atoms with Crippen LogP contribution in [0.15, 0.2) is 29.2 Å². The first-order chi connectivity index (χ1) is 7.50. The first-order valence-corrected chi connectivity index (χ1v) is 6.04. The van der Waals surface area contributed by atoms with Crippen molar-refractivity contribution in [3.8, 4) is 6.07 Å². The van der Waals surface area contributed by atoms with Crippen molar-refractivity contribution in [1.29, 1.82) is 5.26 Å². The summed E-state index contributed by atoms with van der Waals surface area (Å²) in [5.41, 5.74) is 0.122. The number of benzene rings is 1. The van der Waals surface area contributed by atoms with Gasteiger partial charge in [0.25, 0.3) is 5.91 Å². The Bertz CT molecular complexity index is 601. The van der Waals surface area contributed by atoms with Gasteiger partial charge in [-0.15, -0.1) is 0 Å². The van der Waals surface area contributed by atoms with Crippen LogP contribution in [0.1, 0.15) is 10.4 Å². The maximum Gasteiger partial charge on any atom is 0.256 e. The number of hydrogen-bond acceptors (Lipinski definition) is 4. The third kappa shape index (κ3) is 1.22. The van der Waals surface area contributed by atoms with Crippen molar-refractivity contribution in [3.05, 3.63) is 29.8 Å². The number of hydrogen-bond donors (Lipinski definition) is 0. The van der Waals surface area contributed by atoms with Crippen molar-refractivity contribution in [2.24, 2.45) is 0 Å². The SMILES string of the molecule is CN1C(=O)c2ccccc2S(=O)(=O)C1C#N. The lowest BCUT2D eigenvalue weighted by Crippen LogP contribution is -2.46. The van der Waals surface area contributed by atoms with E-state index in [1.807, 2.05) is 0 Å². The molecule has 5 nitrogen and oxygen atoms in total. The molecule has 0 N–H and O–H groups in total. The Balaban J connectivity index is 2.80. The molecule has 0 aromatic heterocycles. The van der Waals surface area contributed by atoms with E-state index in [1.165, 1.54) is 25.2 Å². The van der Waals surface area contributed by atoms with Crippen LogP contribution in [0.2, 0.25) is 0 Å². The van der Waals surface area contributed by atoms with Gasteiger partial charge in [-0.3, -0.25) is 4.79 Å². The predicted octanol–water partition coefficient (Wildman–Crippen LogP) is 0.396. The number of amides is 1. The van der Waals surface area contributed by atoms with Gasteiger partial charge >= 0.3 is 0 Å². The minimum atomic E-state index is -3.77. The maximum absolute atomic E-state index is 12.0. The molecule has 1 heterocycles. The first kappa shape index (κ1) is 10.6. The van der Waals surface area contributed by atoms with Crippen LogP contribution >= 0.6 is 0 Å². The summed E-state index contributed by atoms with van der Waals surface area (Å²) in [6.45, 7) is 0. The smallest absolute Gasteiger partial charge is 0.256 e. The zero-order chi connectivity index (χ0) is 11.9. The highest BCUT2D eigenvalue weighted by Crippen LogP contribution is 2.28. The van der Waals surface area contributed by atoms with Crippen LogP contribution in [0.25, 0.3) is 0 Å². The van der Waals surface area contributed by atoms with Gasteiger partial charge in [-0.25, -0.2) is 8.42 Å². The van der Waals surface area contributed by atoms with E-state index in [0.717, 1.165) is 4.90 Å². The molecule has 1 aromatic carbocycles. The van der Waals surface area contributed by atoms with Gasteiger partial charge in [0.05, 0.1) is 10.5 Å². The zero-order valence-electron chi connectivity index (χ0n) is 8.41. The summed E-state index contributed by atoms with van der Waals surface area (Å²) in [5, 5.41) is 7.38. The van der Waals surface area contributed by atoms with Crippen molar-refractivity contribution in [2.75, 3.05) is 7.05 Å². The van der Waals surface area contributed by atoms with E-state index in [1.54, 1.807) is 12.1 Å². The first-order valence-electron chi connectivity index (χ1n) is 4.50. The Morgan fingerprint density at radius 1 is 1.38 bits per heavy atom. The number of nitrogens with zero attached hydrogens (tertiary/aromatic N) is 2. The second-order valence-corrected chi connectivity index (χ2v) is 5.42. The van der Waals surface area contributed by atoms with Crippen LogP contribution in [-0.2, 0) is 9.84 Å². The van der Waals surface area contributed by atoms with Crippen molar-refractivity contribution in [1.82, 2.24) is 4.90 Å². The summed E-state index contributed by atoms with van der Waals surface area (Å²) in [6, 6.07) is 7.54. The van der Waals surface area contributed by atoms with Crippen molar-refractivity contribution in [3.63, 3.8) is 0 Å². The summed E-state index contributed by atoms with van der Waals surface area (Å²) in [4.78, 5) is 12.7. The molecule has 0 saturated carbocycles. The molecule has 1 unspecified atom stereocenters. The van der Waals surface area contributed by atoms with E-state index in [-0.39, 0.29) is 10.5 Å². The fourth-order valence-electron chi connectivity index (χ4n) is 1.67. The van der Waals surface area contributed by atoms with Gasteiger partial charge in [-0.2, -0.15) is 5.26 Å². The number of sulfone groups is 1. The fraction of sp³-hybridized carbons (Fsp3) is 0.200. The third-order valence-electron chi connectivity index (χ3n) is 2.50. The molecule has 6 heteroatoms. The lowest BCUT2D eigenvalue weighted by Gasteiger charge is -2.28. The number of rotatable bonds is 0. The number of carbonyl (C=O) groups is 1. The van der Waals surface area contributed by atoms with Gasteiger partial charge in [0.15, 0.2) is 0 Å². The highest BCUT2D eigenvalue weighted by molar-refractivity contribution is 7.92. The number of fused-ring (bicyclic) bond motifs is 1. The monoisotopic (exact) mass is 236 g/mol. The number of carbonyl (C=O) groups excluding carboxylic acids is 1. The van der Waals surface area contributed by atoms with Gasteiger partial charge in [0.2, 0.25) is 15.2 Å². The molecule has 0 saturated heterocycles. The minimum Gasteiger partial charge on any atom is -0.313 e. The van der Waals surface area contributed by atoms with E-state index >= 15 is 0 Å². The molecule has 1 atom stereocenters. The lowest BCUT2D eigenvalue weighted by atomic mass is 10.2. The Hall–Kier alpha value is -1.87. The van der Waals surface area contributed by atoms with E-state index in [9.17, 15) is 13.2 Å². The summed E-state index contributed by atoms with van der Waals surface area (Å²) >= 11 is 0. The Labute approximate surface area is 92.8 Å². The molecule has 1 aliphatic rings. The van der Waals surface area contributed by atoms with E-state index in [4.69, 9.17) is 5.26 Å². The van der Waals surface area contributed by atoms with E-state index < -0.39 is 21.1 Å². The topological polar surface area (TPSA) is 78.2 Å². The summed E-state index contributed by atoms with van der Waals surface area (Å²) in [6.07, 6.45) is 0. The maximum atomic E-state index is 12.0. The highest BCUT2D eigenvalue weighted by Gasteiger charge is 2.41. The predicted molar refractivity (Wildman–Crippen MR) is 55.1 cm³/mol. The third-order valence-corrected chi connectivity index (χ3v) is 4.48. The van der Waals surface area contributed by atoms with Gasteiger partial charge in [0, 0.05) is 7.05 Å². The Kier molecular flexibility index (Phi) is 2.21. The van der Waals surface area contributed by atoms with Crippen molar-refractivity contribution in [2.45, 2.75) is 10.3 Å². The van der Waals surface area contributed by atoms with Crippen LogP contribution in [0.4, 0.5) is 0 Å². The molecule has 2 rings (SSSR count). The van der Waals surface area contributed by atoms with Crippen molar-refractivity contribution >= 4 is 15.7 Å². The molecule has 0 bridgehead atoms. The molecule has 0 fully saturated rings. The van der Waals surface area contributed by atoms with Crippen LogP contribution in [-0.4, -0.2) is 31.6 Å². The second-order valence-electron chi connectivity index (χ2n) is 3.44. The van der Waals surface area contributed by atoms with Crippen molar-refractivity contribution < 1.29 is 13.2 Å². The normalized spacial score (nSPS) is 22.4. The van der Waals surface area contributed by atoms with Gasteiger partial charge in [-0.1, -0.05) is 12.1 Å². The highest BCUT2D eigenvalue weighted by atomic mass is 32.2. The summed E-state index contributed by atoms with van der Waals surface area (Å²) in [7, 11) is -2.46. The second kappa shape index (κ2) is 3.32. The van der Waals surface area contributed by atoms with E-state index in [2.05, 4.69) is 0 Å². The summed E-state index contributed by atoms with van der Waals surface area (Å²) < 4.78 is 23.9. The molecule has 0 radical (unpaired) electrons. The number of nitriles is 1. The van der Waals surface area contributed by atoms with Gasteiger partial charge in [0.1, 0.15) is 6.07 Å². The molecule has 0 spiro atoms. The van der Waals surface area contributed by atoms with Crippen LogP contribution < -0.4 is 0 Å². The standard InChI is InChI=1S/C10H8N2O3S/c1-12-9(6-11)16(14,15)8-5-3-2-4-7(8)10(12)13/h2-5,9H,1H3. The molecule has 16 heavy (non-hydrogen) atoms. The Morgan fingerprint density at radius 3 is 2.62 bits per heavy atom. The van der Waals surface area contributed by atoms with E-state index in [0.29, 0.717) is 0 Å². The summed E-state index contributed by atoms with van der Waals surface area (Å²) in [5.74, 6) is -0.447. The molecule has 0 aliphatic carbocycles. The molecular weight excluding hydrogens is 228 g/mol. The van der Waals surface area contributed by atoms with Gasteiger partial charge in [-0.05, 0) is 12.1 Å². The minimum absolute atomic E-state index is 0.0651. The van der Waals surface area contributed by atoms with Gasteiger partial charge < -0.3 is 4.90 Å². The largest absolute Gasteiger partial charge is 0.313 e. The van der Waals surface area contributed by atoms with Crippen LogP contribution in [0, 0.1) is 11.3 Å². The molecular formula is C10H8N2O3S. The average Bonchev–Trinajstić information content (AvgIpc) is 2.27. The lowest BCUT2D eigenvalue weighted by molar-refractivity contribution is 0.0784. The molecule has 1 aliphatic heterocycles. The van der Waals surface area contributed by atoms with Crippen LogP contribution in [0.5, 0.6) is 0 Å². The molecule has 1 aromatic rings. The Morgan fingerprint density at radius 2 is 2.00 bits per heavy atom. The zero-order valence-corrected chi connectivity index (χ0v) is 9.23. The van der Waals surface area contributed by atoms with Crippen LogP contribution in [0.3, 0.4) is 0 Å². The fourth-order valence-corrected chi connectivity index (χ4v) is 3.29. The molecule has 1 amide bonds.